The van der Waals surface area contributed by atoms with Crippen molar-refractivity contribution in [2.24, 2.45) is 0 Å². The third-order valence-corrected chi connectivity index (χ3v) is 5.95. The maximum atomic E-state index is 13.1. The summed E-state index contributed by atoms with van der Waals surface area (Å²) in [6.07, 6.45) is 6.62. The standard InChI is InChI=1S/C17H24N4O2/c1-4-5-6-11-18-12-13(19-11)15(23)21-17(3)9-7-16(2,8-10-17)20(21)14(12)22/h4-10H2,1-3H3,(H,18,19). The first-order chi connectivity index (χ1) is 10.9. The summed E-state index contributed by atoms with van der Waals surface area (Å²) in [6, 6.07) is 0. The van der Waals surface area contributed by atoms with Crippen molar-refractivity contribution in [1.82, 2.24) is 19.3 Å². The van der Waals surface area contributed by atoms with Crippen molar-refractivity contribution in [3.05, 3.63) is 26.5 Å². The van der Waals surface area contributed by atoms with Crippen LogP contribution < -0.4 is 11.1 Å². The highest BCUT2D eigenvalue weighted by molar-refractivity contribution is 5.72. The Morgan fingerprint density at radius 1 is 1.04 bits per heavy atom. The highest BCUT2D eigenvalue weighted by Gasteiger charge is 2.49. The van der Waals surface area contributed by atoms with Crippen LogP contribution in [0.4, 0.5) is 0 Å². The highest BCUT2D eigenvalue weighted by Crippen LogP contribution is 2.46. The Morgan fingerprint density at radius 3 is 2.17 bits per heavy atom. The third kappa shape index (κ3) is 1.83. The van der Waals surface area contributed by atoms with Gasteiger partial charge in [0.25, 0.3) is 11.1 Å². The molecule has 6 heteroatoms. The molecule has 124 valence electrons. The second kappa shape index (κ2) is 4.58. The smallest absolute Gasteiger partial charge is 0.294 e. The Hall–Kier alpha value is -1.85. The molecule has 3 aliphatic rings. The number of hydrogen-bond acceptors (Lipinski definition) is 3. The van der Waals surface area contributed by atoms with Gasteiger partial charge in [-0.3, -0.25) is 9.59 Å². The van der Waals surface area contributed by atoms with E-state index in [1.54, 1.807) is 9.36 Å². The largest absolute Gasteiger partial charge is 0.337 e. The first kappa shape index (κ1) is 14.7. The second-order valence-corrected chi connectivity index (χ2v) is 7.74. The Kier molecular flexibility index (Phi) is 2.93. The van der Waals surface area contributed by atoms with E-state index in [-0.39, 0.29) is 22.2 Å². The molecule has 0 aromatic carbocycles. The van der Waals surface area contributed by atoms with E-state index in [2.05, 4.69) is 30.7 Å². The molecule has 1 saturated carbocycles. The summed E-state index contributed by atoms with van der Waals surface area (Å²) in [5, 5.41) is 0. The normalized spacial score (nSPS) is 29.2. The van der Waals surface area contributed by atoms with E-state index in [9.17, 15) is 9.59 Å². The van der Waals surface area contributed by atoms with Crippen LogP contribution in [0.25, 0.3) is 11.0 Å². The third-order valence-electron chi connectivity index (χ3n) is 5.95. The number of nitrogens with one attached hydrogen (secondary N) is 1. The average molecular weight is 316 g/mol. The fourth-order valence-corrected chi connectivity index (χ4v) is 4.31. The quantitative estimate of drug-likeness (QED) is 0.944. The zero-order chi connectivity index (χ0) is 16.4. The molecule has 1 aliphatic carbocycles. The summed E-state index contributed by atoms with van der Waals surface area (Å²) < 4.78 is 3.45. The SMILES string of the molecule is CCCCc1nc2c(=O)n3n(c(=O)c2[nH]1)C1(C)CCC3(C)CC1. The maximum absolute atomic E-state index is 13.1. The zero-order valence-electron chi connectivity index (χ0n) is 14.1. The van der Waals surface area contributed by atoms with Gasteiger partial charge in [-0.2, -0.15) is 0 Å². The molecular weight excluding hydrogens is 292 g/mol. The molecule has 0 saturated heterocycles. The van der Waals surface area contributed by atoms with Gasteiger partial charge in [0, 0.05) is 6.42 Å². The number of unbranched alkanes of at least 4 members (excludes halogenated alkanes) is 1. The number of aromatic nitrogens is 4. The summed E-state index contributed by atoms with van der Waals surface area (Å²) in [7, 11) is 0. The molecule has 2 aliphatic heterocycles. The number of fused-ring (bicyclic) bond motifs is 3. The molecule has 0 spiro atoms. The summed E-state index contributed by atoms with van der Waals surface area (Å²) >= 11 is 0. The van der Waals surface area contributed by atoms with Crippen molar-refractivity contribution in [2.45, 2.75) is 76.8 Å². The second-order valence-electron chi connectivity index (χ2n) is 7.74. The molecule has 0 unspecified atom stereocenters. The van der Waals surface area contributed by atoms with Crippen molar-refractivity contribution >= 4 is 11.0 Å². The molecule has 6 nitrogen and oxygen atoms in total. The molecule has 0 amide bonds. The lowest BCUT2D eigenvalue weighted by Gasteiger charge is -2.53. The van der Waals surface area contributed by atoms with E-state index in [0.717, 1.165) is 50.8 Å². The first-order valence-corrected chi connectivity index (χ1v) is 8.67. The van der Waals surface area contributed by atoms with Gasteiger partial charge in [0.15, 0.2) is 5.52 Å². The average Bonchev–Trinajstić information content (AvgIpc) is 2.96. The first-order valence-electron chi connectivity index (χ1n) is 8.67. The van der Waals surface area contributed by atoms with Crippen LogP contribution >= 0.6 is 0 Å². The summed E-state index contributed by atoms with van der Waals surface area (Å²) in [5.74, 6) is 0.752. The van der Waals surface area contributed by atoms with E-state index >= 15 is 0 Å². The van der Waals surface area contributed by atoms with Gasteiger partial charge in [-0.25, -0.2) is 14.3 Å². The lowest BCUT2D eigenvalue weighted by Crippen LogP contribution is -2.63. The van der Waals surface area contributed by atoms with Crippen molar-refractivity contribution < 1.29 is 0 Å². The van der Waals surface area contributed by atoms with Crippen molar-refractivity contribution in [3.63, 3.8) is 0 Å². The molecule has 1 fully saturated rings. The number of H-pyrrole nitrogens is 1. The van der Waals surface area contributed by atoms with Gasteiger partial charge >= 0.3 is 0 Å². The van der Waals surface area contributed by atoms with Crippen LogP contribution in [0.1, 0.15) is 65.1 Å². The number of aromatic amines is 1. The van der Waals surface area contributed by atoms with Crippen LogP contribution in [-0.4, -0.2) is 19.3 Å². The molecule has 4 heterocycles. The number of aryl methyl sites for hydroxylation is 1. The topological polar surface area (TPSA) is 72.7 Å². The van der Waals surface area contributed by atoms with Gasteiger partial charge in [0.05, 0.1) is 11.1 Å². The molecule has 1 N–H and O–H groups in total. The Bertz CT molecular complexity index is 825. The van der Waals surface area contributed by atoms with E-state index in [1.807, 2.05) is 0 Å². The number of nitrogens with zero attached hydrogens (tertiary/aromatic N) is 3. The van der Waals surface area contributed by atoms with Crippen LogP contribution in [-0.2, 0) is 17.5 Å². The molecule has 2 aromatic rings. The summed E-state index contributed by atoms with van der Waals surface area (Å²) in [4.78, 5) is 33.7. The number of hydrogen-bond donors (Lipinski definition) is 1. The Labute approximate surface area is 134 Å². The van der Waals surface area contributed by atoms with Crippen LogP contribution in [0.5, 0.6) is 0 Å². The Morgan fingerprint density at radius 2 is 1.61 bits per heavy atom. The van der Waals surface area contributed by atoms with Gasteiger partial charge in [-0.05, 0) is 46.0 Å². The molecular formula is C17H24N4O2. The van der Waals surface area contributed by atoms with Crippen LogP contribution in [0.15, 0.2) is 9.59 Å². The minimum atomic E-state index is -0.259. The summed E-state index contributed by atoms with van der Waals surface area (Å²) in [5.41, 5.74) is -0.0270. The van der Waals surface area contributed by atoms with Crippen molar-refractivity contribution in [2.75, 3.05) is 0 Å². The molecule has 2 bridgehead atoms. The van der Waals surface area contributed by atoms with E-state index < -0.39 is 0 Å². The van der Waals surface area contributed by atoms with Gasteiger partial charge in [0.1, 0.15) is 11.3 Å². The molecule has 5 rings (SSSR count). The molecule has 23 heavy (non-hydrogen) atoms. The predicted molar refractivity (Wildman–Crippen MR) is 89.0 cm³/mol. The Balaban J connectivity index is 2.05. The number of rotatable bonds is 3. The van der Waals surface area contributed by atoms with Gasteiger partial charge in [-0.15, -0.1) is 0 Å². The fraction of sp³-hybridized carbons (Fsp3) is 0.706. The van der Waals surface area contributed by atoms with Crippen molar-refractivity contribution in [1.29, 1.82) is 0 Å². The minimum absolute atomic E-state index is 0.0945. The molecule has 0 atom stereocenters. The van der Waals surface area contributed by atoms with Crippen LogP contribution in [0, 0.1) is 0 Å². The van der Waals surface area contributed by atoms with Crippen LogP contribution in [0.3, 0.4) is 0 Å². The zero-order valence-corrected chi connectivity index (χ0v) is 14.1. The predicted octanol–water partition coefficient (Wildman–Crippen LogP) is 2.25. The summed E-state index contributed by atoms with van der Waals surface area (Å²) in [6.45, 7) is 6.31. The van der Waals surface area contributed by atoms with Gasteiger partial charge in [0.2, 0.25) is 0 Å². The minimum Gasteiger partial charge on any atom is -0.337 e. The molecule has 0 radical (unpaired) electrons. The fourth-order valence-electron chi connectivity index (χ4n) is 4.31. The molecule has 2 aromatic heterocycles. The van der Waals surface area contributed by atoms with E-state index in [1.165, 1.54) is 0 Å². The highest BCUT2D eigenvalue weighted by atomic mass is 16.2. The van der Waals surface area contributed by atoms with E-state index in [4.69, 9.17) is 0 Å². The lowest BCUT2D eigenvalue weighted by atomic mass is 9.71. The number of imidazole rings is 1. The lowest BCUT2D eigenvalue weighted by molar-refractivity contribution is -0.00812. The van der Waals surface area contributed by atoms with Crippen LogP contribution in [0.2, 0.25) is 0 Å². The monoisotopic (exact) mass is 316 g/mol. The van der Waals surface area contributed by atoms with Gasteiger partial charge in [-0.1, -0.05) is 13.3 Å². The maximum Gasteiger partial charge on any atom is 0.294 e. The van der Waals surface area contributed by atoms with Gasteiger partial charge < -0.3 is 4.98 Å². The van der Waals surface area contributed by atoms with E-state index in [0.29, 0.717) is 11.0 Å². The van der Waals surface area contributed by atoms with Crippen molar-refractivity contribution in [3.8, 4) is 0 Å².